The number of rotatable bonds is 8. The Bertz CT molecular complexity index is 1310. The van der Waals surface area contributed by atoms with Crippen molar-refractivity contribution < 1.29 is 24.2 Å². The molecule has 0 bridgehead atoms. The smallest absolute Gasteiger partial charge is 0.343 e. The fourth-order valence-corrected chi connectivity index (χ4v) is 3.59. The van der Waals surface area contributed by atoms with Gasteiger partial charge in [-0.25, -0.2) is 10.2 Å². The van der Waals surface area contributed by atoms with Crippen molar-refractivity contribution in [2.24, 2.45) is 5.10 Å². The van der Waals surface area contributed by atoms with E-state index >= 15 is 0 Å². The normalized spacial score (nSPS) is 11.2. The molecule has 0 aliphatic heterocycles. The van der Waals surface area contributed by atoms with Gasteiger partial charge in [0, 0.05) is 0 Å². The topological polar surface area (TPSA) is 97.2 Å². The molecule has 0 aliphatic rings. The molecule has 0 heterocycles. The van der Waals surface area contributed by atoms with Crippen LogP contribution in [0.25, 0.3) is 0 Å². The lowest BCUT2D eigenvalue weighted by Gasteiger charge is -2.27. The second-order valence-electron chi connectivity index (χ2n) is 7.83. The first-order valence-electron chi connectivity index (χ1n) is 11.1. The quantitative estimate of drug-likeness (QED) is 0.170. The largest absolute Gasteiger partial charge is 0.497 e. The van der Waals surface area contributed by atoms with Crippen molar-refractivity contribution in [1.29, 1.82) is 0 Å². The standard InChI is InChI=1S/C29H24N2O5/c1-35-25-17-15-22(16-18-25)27(32)36-26-14-8-9-21(19-26)20-30-31-28(33)29(34,23-10-4-2-5-11-23)24-12-6-3-7-13-24/h2-20,34H,1H3,(H,31,33)/b30-20+. The van der Waals surface area contributed by atoms with Crippen LogP contribution in [-0.2, 0) is 10.4 Å². The third kappa shape index (κ3) is 5.48. The molecule has 4 rings (SSSR count). The first-order chi connectivity index (χ1) is 17.5. The number of carbonyl (C=O) groups is 2. The molecule has 0 atom stereocenters. The van der Waals surface area contributed by atoms with E-state index in [0.717, 1.165) is 0 Å². The number of hydrogen-bond donors (Lipinski definition) is 2. The van der Waals surface area contributed by atoms with Gasteiger partial charge in [0.15, 0.2) is 5.60 Å². The summed E-state index contributed by atoms with van der Waals surface area (Å²) < 4.78 is 10.5. The predicted molar refractivity (Wildman–Crippen MR) is 136 cm³/mol. The Hall–Kier alpha value is -4.75. The van der Waals surface area contributed by atoms with Gasteiger partial charge in [0.2, 0.25) is 0 Å². The van der Waals surface area contributed by atoms with Crippen LogP contribution in [0.3, 0.4) is 0 Å². The summed E-state index contributed by atoms with van der Waals surface area (Å²) in [5, 5.41) is 15.5. The molecule has 0 unspecified atom stereocenters. The van der Waals surface area contributed by atoms with Gasteiger partial charge in [-0.05, 0) is 53.1 Å². The minimum absolute atomic E-state index is 0.316. The number of benzene rings is 4. The predicted octanol–water partition coefficient (Wildman–Crippen LogP) is 4.30. The minimum atomic E-state index is -1.93. The van der Waals surface area contributed by atoms with Gasteiger partial charge in [0.1, 0.15) is 11.5 Å². The Morgan fingerprint density at radius 1 is 0.806 bits per heavy atom. The fourth-order valence-electron chi connectivity index (χ4n) is 3.59. The maximum Gasteiger partial charge on any atom is 0.343 e. The lowest BCUT2D eigenvalue weighted by molar-refractivity contribution is -0.136. The van der Waals surface area contributed by atoms with Crippen LogP contribution < -0.4 is 14.9 Å². The van der Waals surface area contributed by atoms with E-state index in [0.29, 0.717) is 33.8 Å². The summed E-state index contributed by atoms with van der Waals surface area (Å²) >= 11 is 0. The van der Waals surface area contributed by atoms with Crippen molar-refractivity contribution in [3.8, 4) is 11.5 Å². The number of ether oxygens (including phenoxy) is 2. The third-order valence-corrected chi connectivity index (χ3v) is 5.49. The Kier molecular flexibility index (Phi) is 7.53. The summed E-state index contributed by atoms with van der Waals surface area (Å²) in [6.07, 6.45) is 1.40. The molecule has 0 aromatic heterocycles. The number of hydrogen-bond acceptors (Lipinski definition) is 6. The van der Waals surface area contributed by atoms with E-state index in [2.05, 4.69) is 10.5 Å². The summed E-state index contributed by atoms with van der Waals surface area (Å²) in [7, 11) is 1.55. The number of amides is 1. The SMILES string of the molecule is COc1ccc(C(=O)Oc2cccc(/C=N/NC(=O)C(O)(c3ccccc3)c3ccccc3)c2)cc1. The highest BCUT2D eigenvalue weighted by atomic mass is 16.5. The van der Waals surface area contributed by atoms with Gasteiger partial charge in [-0.15, -0.1) is 0 Å². The second-order valence-corrected chi connectivity index (χ2v) is 7.83. The van der Waals surface area contributed by atoms with Crippen molar-refractivity contribution >= 4 is 18.1 Å². The molecule has 0 fully saturated rings. The molecular weight excluding hydrogens is 456 g/mol. The average Bonchev–Trinajstić information content (AvgIpc) is 2.93. The van der Waals surface area contributed by atoms with E-state index in [1.807, 2.05) is 0 Å². The molecule has 0 saturated heterocycles. The highest BCUT2D eigenvalue weighted by Gasteiger charge is 2.39. The maximum absolute atomic E-state index is 13.1. The molecule has 4 aromatic carbocycles. The first kappa shape index (κ1) is 24.4. The lowest BCUT2D eigenvalue weighted by atomic mass is 9.85. The van der Waals surface area contributed by atoms with Crippen LogP contribution in [0.2, 0.25) is 0 Å². The number of methoxy groups -OCH3 is 1. The lowest BCUT2D eigenvalue weighted by Crippen LogP contribution is -2.43. The van der Waals surface area contributed by atoms with E-state index in [-0.39, 0.29) is 0 Å². The number of nitrogens with one attached hydrogen (secondary N) is 1. The number of nitrogens with zero attached hydrogens (tertiary/aromatic N) is 1. The molecule has 7 heteroatoms. The van der Waals surface area contributed by atoms with Crippen LogP contribution in [0.1, 0.15) is 27.0 Å². The van der Waals surface area contributed by atoms with Gasteiger partial charge in [-0.2, -0.15) is 5.10 Å². The Morgan fingerprint density at radius 2 is 1.42 bits per heavy atom. The molecule has 36 heavy (non-hydrogen) atoms. The zero-order chi connectivity index (χ0) is 25.4. The summed E-state index contributed by atoms with van der Waals surface area (Å²) in [6, 6.07) is 30.6. The summed E-state index contributed by atoms with van der Waals surface area (Å²) in [6.45, 7) is 0. The van der Waals surface area contributed by atoms with Crippen molar-refractivity contribution in [2.45, 2.75) is 5.60 Å². The second kappa shape index (κ2) is 11.1. The van der Waals surface area contributed by atoms with Gasteiger partial charge < -0.3 is 14.6 Å². The molecule has 0 spiro atoms. The minimum Gasteiger partial charge on any atom is -0.497 e. The Morgan fingerprint density at radius 3 is 2.00 bits per heavy atom. The Balaban J connectivity index is 1.47. The van der Waals surface area contributed by atoms with Gasteiger partial charge in [0.25, 0.3) is 5.91 Å². The summed E-state index contributed by atoms with van der Waals surface area (Å²) in [4.78, 5) is 25.5. The average molecular weight is 481 g/mol. The van der Waals surface area contributed by atoms with E-state index in [1.165, 1.54) is 6.21 Å². The van der Waals surface area contributed by atoms with Crippen LogP contribution in [-0.4, -0.2) is 30.3 Å². The van der Waals surface area contributed by atoms with Crippen LogP contribution in [0.4, 0.5) is 0 Å². The van der Waals surface area contributed by atoms with Crippen LogP contribution in [0.15, 0.2) is 114 Å². The zero-order valence-corrected chi connectivity index (χ0v) is 19.5. The highest BCUT2D eigenvalue weighted by molar-refractivity contribution is 5.92. The monoisotopic (exact) mass is 480 g/mol. The molecule has 180 valence electrons. The van der Waals surface area contributed by atoms with Gasteiger partial charge >= 0.3 is 5.97 Å². The van der Waals surface area contributed by atoms with Crippen LogP contribution >= 0.6 is 0 Å². The molecule has 1 amide bonds. The van der Waals surface area contributed by atoms with Crippen LogP contribution in [0.5, 0.6) is 11.5 Å². The number of aliphatic hydroxyl groups is 1. The molecule has 0 aliphatic carbocycles. The van der Waals surface area contributed by atoms with E-state index in [9.17, 15) is 14.7 Å². The van der Waals surface area contributed by atoms with E-state index in [1.54, 1.807) is 116 Å². The number of carbonyl (C=O) groups excluding carboxylic acids is 2. The van der Waals surface area contributed by atoms with Crippen molar-refractivity contribution in [3.05, 3.63) is 131 Å². The van der Waals surface area contributed by atoms with E-state index in [4.69, 9.17) is 9.47 Å². The Labute approximate surface area is 208 Å². The van der Waals surface area contributed by atoms with Gasteiger partial charge in [-0.1, -0.05) is 72.8 Å². The van der Waals surface area contributed by atoms with Crippen molar-refractivity contribution in [2.75, 3.05) is 7.11 Å². The molecule has 0 radical (unpaired) electrons. The highest BCUT2D eigenvalue weighted by Crippen LogP contribution is 2.29. The van der Waals surface area contributed by atoms with Gasteiger partial charge in [0.05, 0.1) is 18.9 Å². The van der Waals surface area contributed by atoms with Crippen LogP contribution in [0, 0.1) is 0 Å². The first-order valence-corrected chi connectivity index (χ1v) is 11.1. The fraction of sp³-hybridized carbons (Fsp3) is 0.0690. The summed E-state index contributed by atoms with van der Waals surface area (Å²) in [5.41, 5.74) is 2.28. The zero-order valence-electron chi connectivity index (χ0n) is 19.5. The number of esters is 1. The molecule has 7 nitrogen and oxygen atoms in total. The summed E-state index contributed by atoms with van der Waals surface area (Å²) in [5.74, 6) is -0.275. The molecule has 4 aromatic rings. The van der Waals surface area contributed by atoms with Crippen molar-refractivity contribution in [3.63, 3.8) is 0 Å². The molecular formula is C29H24N2O5. The van der Waals surface area contributed by atoms with E-state index < -0.39 is 17.5 Å². The maximum atomic E-state index is 13.1. The van der Waals surface area contributed by atoms with Crippen molar-refractivity contribution in [1.82, 2.24) is 5.43 Å². The van der Waals surface area contributed by atoms with Gasteiger partial charge in [-0.3, -0.25) is 4.79 Å². The number of hydrazone groups is 1. The molecule has 0 saturated carbocycles. The molecule has 2 N–H and O–H groups in total. The third-order valence-electron chi connectivity index (χ3n) is 5.49.